The van der Waals surface area contributed by atoms with Crippen molar-refractivity contribution in [2.45, 2.75) is 24.8 Å². The number of hydrogen-bond acceptors (Lipinski definition) is 5. The summed E-state index contributed by atoms with van der Waals surface area (Å²) in [5.41, 5.74) is 5.36. The predicted molar refractivity (Wildman–Crippen MR) is 105 cm³/mol. The van der Waals surface area contributed by atoms with E-state index in [2.05, 4.69) is 46.5 Å². The van der Waals surface area contributed by atoms with Crippen LogP contribution in [0.5, 0.6) is 0 Å². The summed E-state index contributed by atoms with van der Waals surface area (Å²) in [4.78, 5) is 4.49. The summed E-state index contributed by atoms with van der Waals surface area (Å²) >= 11 is 7.86. The molecule has 0 atom stereocenters. The highest BCUT2D eigenvalue weighted by Crippen LogP contribution is 2.30. The molecule has 7 heteroatoms. The van der Waals surface area contributed by atoms with Crippen LogP contribution in [0.2, 0.25) is 5.02 Å². The van der Waals surface area contributed by atoms with Gasteiger partial charge in [-0.2, -0.15) is 4.68 Å². The maximum atomic E-state index is 6.28. The molecule has 4 rings (SSSR count). The predicted octanol–water partition coefficient (Wildman–Crippen LogP) is 4.77. The Morgan fingerprint density at radius 3 is 2.85 bits per heavy atom. The van der Waals surface area contributed by atoms with Gasteiger partial charge in [-0.25, -0.2) is 0 Å². The third-order valence-electron chi connectivity index (χ3n) is 4.18. The third-order valence-corrected chi connectivity index (χ3v) is 5.48. The highest BCUT2D eigenvalue weighted by molar-refractivity contribution is 7.98. The molecule has 0 aliphatic rings. The van der Waals surface area contributed by atoms with Gasteiger partial charge in [-0.3, -0.25) is 4.98 Å². The van der Waals surface area contributed by atoms with E-state index in [0.717, 1.165) is 32.9 Å². The lowest BCUT2D eigenvalue weighted by molar-refractivity contribution is 0.751. The molecular formula is C19H16ClN5S. The molecule has 0 spiro atoms. The van der Waals surface area contributed by atoms with Crippen molar-refractivity contribution in [3.05, 3.63) is 70.4 Å². The molecule has 0 radical (unpaired) electrons. The maximum absolute atomic E-state index is 6.28. The van der Waals surface area contributed by atoms with Crippen LogP contribution in [0.4, 0.5) is 0 Å². The van der Waals surface area contributed by atoms with Gasteiger partial charge in [0, 0.05) is 22.4 Å². The van der Waals surface area contributed by atoms with Crippen LogP contribution >= 0.6 is 23.4 Å². The zero-order valence-corrected chi connectivity index (χ0v) is 15.9. The van der Waals surface area contributed by atoms with Gasteiger partial charge < -0.3 is 0 Å². The SMILES string of the molecule is Cc1ccc(-n2nnnc2SCc2ccc(Cl)c3cccnc23)c(C)c1. The third kappa shape index (κ3) is 3.18. The van der Waals surface area contributed by atoms with Crippen molar-refractivity contribution in [1.29, 1.82) is 0 Å². The molecule has 0 saturated carbocycles. The monoisotopic (exact) mass is 381 g/mol. The number of nitrogens with zero attached hydrogens (tertiary/aromatic N) is 5. The van der Waals surface area contributed by atoms with E-state index < -0.39 is 0 Å². The minimum Gasteiger partial charge on any atom is -0.256 e. The summed E-state index contributed by atoms with van der Waals surface area (Å²) in [5.74, 6) is 0.704. The lowest BCUT2D eigenvalue weighted by Crippen LogP contribution is -2.02. The van der Waals surface area contributed by atoms with E-state index in [0.29, 0.717) is 10.8 Å². The van der Waals surface area contributed by atoms with Crippen LogP contribution in [0, 0.1) is 13.8 Å². The van der Waals surface area contributed by atoms with Gasteiger partial charge in [0.15, 0.2) is 0 Å². The Labute approximate surface area is 160 Å². The summed E-state index contributed by atoms with van der Waals surface area (Å²) in [6.07, 6.45) is 1.78. The number of rotatable bonds is 4. The molecule has 0 fully saturated rings. The Morgan fingerprint density at radius 1 is 1.12 bits per heavy atom. The molecule has 0 amide bonds. The number of tetrazole rings is 1. The summed E-state index contributed by atoms with van der Waals surface area (Å²) in [5, 5.41) is 14.6. The van der Waals surface area contributed by atoms with Crippen LogP contribution in [0.25, 0.3) is 16.6 Å². The van der Waals surface area contributed by atoms with E-state index in [1.165, 1.54) is 5.56 Å². The van der Waals surface area contributed by atoms with Gasteiger partial charge in [0.25, 0.3) is 0 Å². The van der Waals surface area contributed by atoms with E-state index in [-0.39, 0.29) is 0 Å². The van der Waals surface area contributed by atoms with Gasteiger partial charge in [-0.15, -0.1) is 5.10 Å². The van der Waals surface area contributed by atoms with Crippen LogP contribution in [0.3, 0.4) is 0 Å². The van der Waals surface area contributed by atoms with Crippen molar-refractivity contribution < 1.29 is 0 Å². The van der Waals surface area contributed by atoms with E-state index in [1.807, 2.05) is 30.3 Å². The quantitative estimate of drug-likeness (QED) is 0.476. The molecule has 0 bridgehead atoms. The van der Waals surface area contributed by atoms with Crippen LogP contribution in [-0.2, 0) is 5.75 Å². The van der Waals surface area contributed by atoms with Gasteiger partial charge in [-0.05, 0) is 59.7 Å². The molecular weight excluding hydrogens is 366 g/mol. The Hall–Kier alpha value is -2.44. The number of benzene rings is 2. The molecule has 0 unspecified atom stereocenters. The number of hydrogen-bond donors (Lipinski definition) is 0. The van der Waals surface area contributed by atoms with Crippen LogP contribution in [0.15, 0.2) is 53.8 Å². The average molecular weight is 382 g/mol. The molecule has 0 aliphatic heterocycles. The second-order valence-corrected chi connectivity index (χ2v) is 7.41. The highest BCUT2D eigenvalue weighted by atomic mass is 35.5. The maximum Gasteiger partial charge on any atom is 0.214 e. The van der Waals surface area contributed by atoms with Gasteiger partial charge in [-0.1, -0.05) is 47.1 Å². The molecule has 2 aromatic carbocycles. The molecule has 0 N–H and O–H groups in total. The molecule has 2 aromatic heterocycles. The molecule has 5 nitrogen and oxygen atoms in total. The summed E-state index contributed by atoms with van der Waals surface area (Å²) in [7, 11) is 0. The second-order valence-electron chi connectivity index (χ2n) is 6.06. The van der Waals surface area contributed by atoms with Gasteiger partial charge in [0.2, 0.25) is 5.16 Å². The van der Waals surface area contributed by atoms with E-state index in [9.17, 15) is 0 Å². The number of aryl methyl sites for hydroxylation is 2. The van der Waals surface area contributed by atoms with Crippen LogP contribution in [-0.4, -0.2) is 25.2 Å². The molecule has 26 heavy (non-hydrogen) atoms. The standard InChI is InChI=1S/C19H16ClN5S/c1-12-5-8-17(13(2)10-12)25-19(22-23-24-25)26-11-14-6-7-16(20)15-4-3-9-21-18(14)15/h3-10H,11H2,1-2H3. The van der Waals surface area contributed by atoms with Crippen molar-refractivity contribution in [2.24, 2.45) is 0 Å². The minimum absolute atomic E-state index is 0.704. The zero-order chi connectivity index (χ0) is 18.1. The normalized spacial score (nSPS) is 11.2. The molecule has 130 valence electrons. The molecule has 4 aromatic rings. The minimum atomic E-state index is 0.704. The number of thioether (sulfide) groups is 1. The summed E-state index contributed by atoms with van der Waals surface area (Å²) < 4.78 is 1.78. The topological polar surface area (TPSA) is 56.5 Å². The van der Waals surface area contributed by atoms with E-state index in [1.54, 1.807) is 22.6 Å². The Balaban J connectivity index is 1.65. The Bertz CT molecular complexity index is 1090. The van der Waals surface area contributed by atoms with Gasteiger partial charge >= 0.3 is 0 Å². The first-order valence-corrected chi connectivity index (χ1v) is 9.51. The first kappa shape index (κ1) is 17.0. The lowest BCUT2D eigenvalue weighted by atomic mass is 10.1. The van der Waals surface area contributed by atoms with Gasteiger partial charge in [0.1, 0.15) is 0 Å². The number of aromatic nitrogens is 5. The van der Waals surface area contributed by atoms with Crippen LogP contribution < -0.4 is 0 Å². The molecule has 0 saturated heterocycles. The second kappa shape index (κ2) is 7.05. The van der Waals surface area contributed by atoms with E-state index >= 15 is 0 Å². The average Bonchev–Trinajstić information content (AvgIpc) is 3.10. The highest BCUT2D eigenvalue weighted by Gasteiger charge is 2.13. The number of halogens is 1. The Kier molecular flexibility index (Phi) is 4.61. The van der Waals surface area contributed by atoms with Crippen molar-refractivity contribution in [2.75, 3.05) is 0 Å². The first-order valence-electron chi connectivity index (χ1n) is 8.14. The fourth-order valence-electron chi connectivity index (χ4n) is 2.92. The smallest absolute Gasteiger partial charge is 0.214 e. The summed E-state index contributed by atoms with van der Waals surface area (Å²) in [6.45, 7) is 4.14. The lowest BCUT2D eigenvalue weighted by Gasteiger charge is -2.09. The van der Waals surface area contributed by atoms with Crippen molar-refractivity contribution in [3.63, 3.8) is 0 Å². The number of fused-ring (bicyclic) bond motifs is 1. The number of pyridine rings is 1. The fourth-order valence-corrected chi connectivity index (χ4v) is 4.00. The van der Waals surface area contributed by atoms with Crippen molar-refractivity contribution >= 4 is 34.3 Å². The molecule has 2 heterocycles. The summed E-state index contributed by atoms with van der Waals surface area (Å²) in [6, 6.07) is 14.0. The van der Waals surface area contributed by atoms with Crippen LogP contribution in [0.1, 0.15) is 16.7 Å². The fraction of sp³-hybridized carbons (Fsp3) is 0.158. The van der Waals surface area contributed by atoms with Gasteiger partial charge in [0.05, 0.1) is 11.2 Å². The van der Waals surface area contributed by atoms with Crippen molar-refractivity contribution in [1.82, 2.24) is 25.2 Å². The molecule has 0 aliphatic carbocycles. The Morgan fingerprint density at radius 2 is 2.00 bits per heavy atom. The zero-order valence-electron chi connectivity index (χ0n) is 14.3. The van der Waals surface area contributed by atoms with E-state index in [4.69, 9.17) is 11.6 Å². The van der Waals surface area contributed by atoms with Crippen molar-refractivity contribution in [3.8, 4) is 5.69 Å². The largest absolute Gasteiger partial charge is 0.256 e. The first-order chi connectivity index (χ1) is 12.6.